The second-order valence-electron chi connectivity index (χ2n) is 5.02. The SMILES string of the molecule is Cc1ccc(C(=O)N2CCSc3ccc(N)cc32)c(Cl)c1. The molecule has 1 heterocycles. The van der Waals surface area contributed by atoms with Gasteiger partial charge in [0, 0.05) is 22.9 Å². The minimum absolute atomic E-state index is 0.0767. The number of carbonyl (C=O) groups is 1. The molecule has 1 amide bonds. The van der Waals surface area contributed by atoms with Gasteiger partial charge < -0.3 is 10.6 Å². The number of thioether (sulfide) groups is 1. The van der Waals surface area contributed by atoms with Crippen LogP contribution >= 0.6 is 23.4 Å². The van der Waals surface area contributed by atoms with E-state index in [2.05, 4.69) is 0 Å². The molecular weight excluding hydrogens is 304 g/mol. The second-order valence-corrected chi connectivity index (χ2v) is 6.56. The van der Waals surface area contributed by atoms with Crippen LogP contribution < -0.4 is 10.6 Å². The van der Waals surface area contributed by atoms with E-state index >= 15 is 0 Å². The van der Waals surface area contributed by atoms with E-state index in [4.69, 9.17) is 17.3 Å². The molecule has 2 N–H and O–H groups in total. The Bertz CT molecular complexity index is 717. The van der Waals surface area contributed by atoms with Gasteiger partial charge in [-0.25, -0.2) is 0 Å². The molecule has 1 aliphatic rings. The predicted octanol–water partition coefficient (Wildman–Crippen LogP) is 3.98. The van der Waals surface area contributed by atoms with Crippen LogP contribution in [-0.4, -0.2) is 18.2 Å². The maximum absolute atomic E-state index is 12.8. The fourth-order valence-electron chi connectivity index (χ4n) is 2.38. The van der Waals surface area contributed by atoms with Gasteiger partial charge in [-0.15, -0.1) is 11.8 Å². The number of nitrogens with two attached hydrogens (primary N) is 1. The highest BCUT2D eigenvalue weighted by molar-refractivity contribution is 7.99. The van der Waals surface area contributed by atoms with Gasteiger partial charge in [-0.1, -0.05) is 17.7 Å². The van der Waals surface area contributed by atoms with Crippen LogP contribution in [0.1, 0.15) is 15.9 Å². The van der Waals surface area contributed by atoms with Gasteiger partial charge in [0.05, 0.1) is 16.3 Å². The van der Waals surface area contributed by atoms with Gasteiger partial charge in [0.1, 0.15) is 0 Å². The van der Waals surface area contributed by atoms with E-state index in [1.165, 1.54) is 0 Å². The molecule has 0 radical (unpaired) electrons. The molecule has 0 bridgehead atoms. The molecule has 2 aromatic rings. The van der Waals surface area contributed by atoms with Crippen LogP contribution in [0.3, 0.4) is 0 Å². The quantitative estimate of drug-likeness (QED) is 0.809. The van der Waals surface area contributed by atoms with Crippen LogP contribution in [0.5, 0.6) is 0 Å². The Balaban J connectivity index is 2.02. The summed E-state index contributed by atoms with van der Waals surface area (Å²) in [7, 11) is 0. The Morgan fingerprint density at radius 3 is 2.86 bits per heavy atom. The van der Waals surface area contributed by atoms with Crippen LogP contribution in [0.2, 0.25) is 5.02 Å². The van der Waals surface area contributed by atoms with Gasteiger partial charge in [-0.2, -0.15) is 0 Å². The van der Waals surface area contributed by atoms with Gasteiger partial charge in [-0.3, -0.25) is 4.79 Å². The van der Waals surface area contributed by atoms with Crippen LogP contribution in [-0.2, 0) is 0 Å². The molecule has 0 saturated heterocycles. The van der Waals surface area contributed by atoms with E-state index < -0.39 is 0 Å². The lowest BCUT2D eigenvalue weighted by molar-refractivity contribution is 0.0988. The van der Waals surface area contributed by atoms with Gasteiger partial charge in [0.15, 0.2) is 0 Å². The fourth-order valence-corrected chi connectivity index (χ4v) is 3.68. The smallest absolute Gasteiger partial charge is 0.259 e. The molecule has 0 aromatic heterocycles. The summed E-state index contributed by atoms with van der Waals surface area (Å²) in [6, 6.07) is 11.2. The van der Waals surface area contributed by atoms with Crippen LogP contribution in [0.4, 0.5) is 11.4 Å². The molecule has 108 valence electrons. The van der Waals surface area contributed by atoms with Gasteiger partial charge >= 0.3 is 0 Å². The predicted molar refractivity (Wildman–Crippen MR) is 89.4 cm³/mol. The van der Waals surface area contributed by atoms with Crippen molar-refractivity contribution in [3.8, 4) is 0 Å². The molecule has 0 fully saturated rings. The van der Waals surface area contributed by atoms with Crippen molar-refractivity contribution >= 4 is 40.6 Å². The van der Waals surface area contributed by atoms with Crippen molar-refractivity contribution < 1.29 is 4.79 Å². The number of nitrogens with zero attached hydrogens (tertiary/aromatic N) is 1. The van der Waals surface area contributed by atoms with Gasteiger partial charge in [-0.05, 0) is 42.8 Å². The third-order valence-electron chi connectivity index (χ3n) is 3.45. The van der Waals surface area contributed by atoms with Gasteiger partial charge in [0.2, 0.25) is 0 Å². The fraction of sp³-hybridized carbons (Fsp3) is 0.188. The number of fused-ring (bicyclic) bond motifs is 1. The lowest BCUT2D eigenvalue weighted by Gasteiger charge is -2.29. The number of amides is 1. The largest absolute Gasteiger partial charge is 0.399 e. The standard InChI is InChI=1S/C16H15ClN2OS/c1-10-2-4-12(13(17)8-10)16(20)19-6-7-21-15-5-3-11(18)9-14(15)19/h2-5,8-9H,6-7,18H2,1H3. The summed E-state index contributed by atoms with van der Waals surface area (Å²) in [4.78, 5) is 15.6. The Morgan fingerprint density at radius 1 is 1.29 bits per heavy atom. The summed E-state index contributed by atoms with van der Waals surface area (Å²) >= 11 is 7.96. The zero-order valence-electron chi connectivity index (χ0n) is 11.6. The minimum atomic E-state index is -0.0767. The van der Waals surface area contributed by atoms with Crippen molar-refractivity contribution in [3.05, 3.63) is 52.5 Å². The number of hydrogen-bond donors (Lipinski definition) is 1. The zero-order chi connectivity index (χ0) is 15.0. The normalized spacial score (nSPS) is 13.9. The minimum Gasteiger partial charge on any atom is -0.399 e. The average molecular weight is 319 g/mol. The average Bonchev–Trinajstić information content (AvgIpc) is 2.46. The van der Waals surface area contributed by atoms with Crippen LogP contribution in [0.25, 0.3) is 0 Å². The molecule has 0 atom stereocenters. The first kappa shape index (κ1) is 14.3. The van der Waals surface area contributed by atoms with E-state index in [1.54, 1.807) is 22.7 Å². The highest BCUT2D eigenvalue weighted by atomic mass is 35.5. The van der Waals surface area contributed by atoms with Crippen LogP contribution in [0, 0.1) is 6.92 Å². The molecule has 0 saturated carbocycles. The lowest BCUT2D eigenvalue weighted by atomic mass is 10.1. The van der Waals surface area contributed by atoms with Crippen LogP contribution in [0.15, 0.2) is 41.3 Å². The molecule has 3 nitrogen and oxygen atoms in total. The molecule has 0 spiro atoms. The van der Waals surface area contributed by atoms with E-state index in [0.29, 0.717) is 22.8 Å². The van der Waals surface area contributed by atoms with E-state index in [0.717, 1.165) is 21.9 Å². The van der Waals surface area contributed by atoms with Crippen molar-refractivity contribution in [1.29, 1.82) is 0 Å². The molecule has 0 aliphatic carbocycles. The Hall–Kier alpha value is -1.65. The molecule has 2 aromatic carbocycles. The third-order valence-corrected chi connectivity index (χ3v) is 4.80. The highest BCUT2D eigenvalue weighted by Gasteiger charge is 2.25. The van der Waals surface area contributed by atoms with E-state index in [-0.39, 0.29) is 5.91 Å². The summed E-state index contributed by atoms with van der Waals surface area (Å²) < 4.78 is 0. The first-order chi connectivity index (χ1) is 10.1. The number of halogens is 1. The summed E-state index contributed by atoms with van der Waals surface area (Å²) in [5.41, 5.74) is 8.95. The molecule has 5 heteroatoms. The number of aryl methyl sites for hydroxylation is 1. The van der Waals surface area contributed by atoms with E-state index in [1.807, 2.05) is 37.3 Å². The number of benzene rings is 2. The number of carbonyl (C=O) groups excluding carboxylic acids is 1. The van der Waals surface area contributed by atoms with E-state index in [9.17, 15) is 4.79 Å². The zero-order valence-corrected chi connectivity index (χ0v) is 13.2. The Labute approximate surface area is 133 Å². The van der Waals surface area contributed by atoms with Crippen molar-refractivity contribution in [2.75, 3.05) is 22.9 Å². The highest BCUT2D eigenvalue weighted by Crippen LogP contribution is 2.37. The van der Waals surface area contributed by atoms with Gasteiger partial charge in [0.25, 0.3) is 5.91 Å². The number of hydrogen-bond acceptors (Lipinski definition) is 3. The summed E-state index contributed by atoms with van der Waals surface area (Å²) in [5.74, 6) is 0.790. The number of rotatable bonds is 1. The monoisotopic (exact) mass is 318 g/mol. The number of anilines is 2. The summed E-state index contributed by atoms with van der Waals surface area (Å²) in [5, 5.41) is 0.490. The van der Waals surface area contributed by atoms with Crippen molar-refractivity contribution in [2.24, 2.45) is 0 Å². The Morgan fingerprint density at radius 2 is 2.10 bits per heavy atom. The first-order valence-electron chi connectivity index (χ1n) is 6.66. The topological polar surface area (TPSA) is 46.3 Å². The molecule has 21 heavy (non-hydrogen) atoms. The molecule has 3 rings (SSSR count). The second kappa shape index (κ2) is 5.62. The summed E-state index contributed by atoms with van der Waals surface area (Å²) in [6.07, 6.45) is 0. The molecule has 0 unspecified atom stereocenters. The number of nitrogen functional groups attached to an aromatic ring is 1. The van der Waals surface area contributed by atoms with Crippen molar-refractivity contribution in [2.45, 2.75) is 11.8 Å². The first-order valence-corrected chi connectivity index (χ1v) is 8.03. The van der Waals surface area contributed by atoms with Crippen molar-refractivity contribution in [3.63, 3.8) is 0 Å². The lowest BCUT2D eigenvalue weighted by Crippen LogP contribution is -2.35. The Kier molecular flexibility index (Phi) is 3.83. The third kappa shape index (κ3) is 2.74. The molecule has 1 aliphatic heterocycles. The molecular formula is C16H15ClN2OS. The summed E-state index contributed by atoms with van der Waals surface area (Å²) in [6.45, 7) is 2.61. The maximum atomic E-state index is 12.8. The maximum Gasteiger partial charge on any atom is 0.259 e. The van der Waals surface area contributed by atoms with Crippen molar-refractivity contribution in [1.82, 2.24) is 0 Å².